The molecule has 4 rings (SSSR count). The monoisotopic (exact) mass is 346 g/mol. The fourth-order valence-electron chi connectivity index (χ4n) is 2.54. The Morgan fingerprint density at radius 2 is 2.26 bits per heavy atom. The maximum Gasteiger partial charge on any atom is 0.310 e. The largest absolute Gasteiger partial charge is 0.459 e. The lowest BCUT2D eigenvalue weighted by molar-refractivity contribution is 0.0660. The number of thiophene rings is 1. The van der Waals surface area contributed by atoms with E-state index in [9.17, 15) is 4.79 Å². The Hall–Kier alpha value is -2.31. The summed E-state index contributed by atoms with van der Waals surface area (Å²) < 4.78 is 10.7. The van der Waals surface area contributed by atoms with Crippen molar-refractivity contribution in [1.29, 1.82) is 0 Å². The summed E-state index contributed by atoms with van der Waals surface area (Å²) in [5.41, 5.74) is 1.84. The van der Waals surface area contributed by atoms with Gasteiger partial charge in [0, 0.05) is 12.0 Å². The van der Waals surface area contributed by atoms with Crippen molar-refractivity contribution < 1.29 is 13.6 Å². The van der Waals surface area contributed by atoms with Gasteiger partial charge in [-0.3, -0.25) is 4.79 Å². The van der Waals surface area contributed by atoms with E-state index < -0.39 is 0 Å². The predicted molar refractivity (Wildman–Crippen MR) is 86.8 cm³/mol. The van der Waals surface area contributed by atoms with E-state index in [2.05, 4.69) is 5.10 Å². The molecule has 1 amide bonds. The number of hydrogen-bond donors (Lipinski definition) is 0. The van der Waals surface area contributed by atoms with E-state index in [0.717, 1.165) is 11.3 Å². The lowest BCUT2D eigenvalue weighted by atomic mass is 10.0. The third-order valence-electron chi connectivity index (χ3n) is 3.63. The van der Waals surface area contributed by atoms with E-state index in [1.54, 1.807) is 35.6 Å². The summed E-state index contributed by atoms with van der Waals surface area (Å²) in [6, 6.07) is 8.36. The number of furan rings is 2. The summed E-state index contributed by atoms with van der Waals surface area (Å²) in [5, 5.41) is 10.2. The van der Waals surface area contributed by atoms with Gasteiger partial charge in [0.05, 0.1) is 12.0 Å². The molecule has 23 heavy (non-hydrogen) atoms. The first-order chi connectivity index (χ1) is 11.2. The number of amides is 1. The molecule has 0 radical (unpaired) electrons. The first-order valence-corrected chi connectivity index (χ1v) is 8.27. The van der Waals surface area contributed by atoms with Gasteiger partial charge in [0.1, 0.15) is 11.8 Å². The van der Waals surface area contributed by atoms with E-state index in [1.165, 1.54) is 11.3 Å². The lowest BCUT2D eigenvalue weighted by Crippen LogP contribution is -2.26. The maximum absolute atomic E-state index is 12.7. The van der Waals surface area contributed by atoms with Crippen molar-refractivity contribution in [1.82, 2.24) is 5.01 Å². The Balaban J connectivity index is 1.72. The highest BCUT2D eigenvalue weighted by atomic mass is 35.5. The van der Waals surface area contributed by atoms with Gasteiger partial charge in [-0.2, -0.15) is 16.4 Å². The molecular formula is C16H11ClN2O3S. The average molecular weight is 347 g/mol. The molecule has 0 unspecified atom stereocenters. The third kappa shape index (κ3) is 2.60. The lowest BCUT2D eigenvalue weighted by Gasteiger charge is -2.18. The second-order valence-corrected chi connectivity index (χ2v) is 6.20. The highest BCUT2D eigenvalue weighted by Gasteiger charge is 2.36. The Labute approximate surface area is 140 Å². The minimum Gasteiger partial charge on any atom is -0.459 e. The van der Waals surface area contributed by atoms with Crippen molar-refractivity contribution in [3.05, 3.63) is 69.7 Å². The molecule has 116 valence electrons. The molecule has 1 atom stereocenters. The Bertz CT molecular complexity index is 852. The first kappa shape index (κ1) is 14.3. The number of hydrogen-bond acceptors (Lipinski definition) is 5. The van der Waals surface area contributed by atoms with Gasteiger partial charge < -0.3 is 8.83 Å². The van der Waals surface area contributed by atoms with Crippen LogP contribution in [0, 0.1) is 0 Å². The minimum atomic E-state index is -0.338. The van der Waals surface area contributed by atoms with Gasteiger partial charge in [0.2, 0.25) is 0 Å². The molecule has 5 nitrogen and oxygen atoms in total. The number of carbonyl (C=O) groups excluding carboxylic acids is 1. The molecule has 0 bridgehead atoms. The van der Waals surface area contributed by atoms with Crippen LogP contribution < -0.4 is 0 Å². The number of carbonyl (C=O) groups is 1. The highest BCUT2D eigenvalue weighted by molar-refractivity contribution is 7.08. The fraction of sp³-hybridized carbons (Fsp3) is 0.125. The molecule has 1 aliphatic heterocycles. The zero-order valence-electron chi connectivity index (χ0n) is 11.8. The Morgan fingerprint density at radius 1 is 1.35 bits per heavy atom. The molecular weight excluding hydrogens is 336 g/mol. The van der Waals surface area contributed by atoms with E-state index >= 15 is 0 Å². The molecule has 3 aromatic rings. The van der Waals surface area contributed by atoms with Crippen molar-refractivity contribution >= 4 is 34.6 Å². The van der Waals surface area contributed by atoms with E-state index in [0.29, 0.717) is 12.2 Å². The van der Waals surface area contributed by atoms with Crippen LogP contribution in [-0.4, -0.2) is 16.6 Å². The average Bonchev–Trinajstić information content (AvgIpc) is 3.31. The summed E-state index contributed by atoms with van der Waals surface area (Å²) in [4.78, 5) is 12.7. The quantitative estimate of drug-likeness (QED) is 0.697. The zero-order chi connectivity index (χ0) is 15.8. The molecule has 4 heterocycles. The second-order valence-electron chi connectivity index (χ2n) is 5.05. The molecule has 0 aromatic carbocycles. The van der Waals surface area contributed by atoms with Crippen molar-refractivity contribution in [3.8, 4) is 0 Å². The van der Waals surface area contributed by atoms with Gasteiger partial charge in [-0.25, -0.2) is 5.01 Å². The second kappa shape index (κ2) is 5.72. The van der Waals surface area contributed by atoms with E-state index in [-0.39, 0.29) is 22.9 Å². The van der Waals surface area contributed by atoms with Crippen molar-refractivity contribution in [2.75, 3.05) is 0 Å². The van der Waals surface area contributed by atoms with Gasteiger partial charge in [-0.05, 0) is 52.7 Å². The molecule has 1 aliphatic rings. The van der Waals surface area contributed by atoms with Crippen LogP contribution >= 0.6 is 22.9 Å². The number of rotatable bonds is 3. The molecule has 7 heteroatoms. The molecule has 3 aromatic heterocycles. The van der Waals surface area contributed by atoms with Crippen LogP contribution in [0.3, 0.4) is 0 Å². The Morgan fingerprint density at radius 3 is 2.91 bits per heavy atom. The minimum absolute atomic E-state index is 0.239. The number of halogens is 1. The van der Waals surface area contributed by atoms with Gasteiger partial charge in [-0.1, -0.05) is 0 Å². The summed E-state index contributed by atoms with van der Waals surface area (Å²) in [7, 11) is 0. The third-order valence-corrected chi connectivity index (χ3v) is 4.51. The predicted octanol–water partition coefficient (Wildman–Crippen LogP) is 4.58. The van der Waals surface area contributed by atoms with Crippen LogP contribution in [0.5, 0.6) is 0 Å². The van der Waals surface area contributed by atoms with E-state index in [4.69, 9.17) is 20.4 Å². The fourth-order valence-corrected chi connectivity index (χ4v) is 3.36. The SMILES string of the molecule is O=C(c1ccco1)N1N=C(c2ccsc2)C[C@@H]1c1ccc(Cl)o1. The molecule has 0 aliphatic carbocycles. The van der Waals surface area contributed by atoms with Gasteiger partial charge in [0.15, 0.2) is 11.0 Å². The van der Waals surface area contributed by atoms with Crippen molar-refractivity contribution in [3.63, 3.8) is 0 Å². The van der Waals surface area contributed by atoms with Gasteiger partial charge in [0.25, 0.3) is 0 Å². The van der Waals surface area contributed by atoms with Crippen LogP contribution in [0.2, 0.25) is 5.22 Å². The van der Waals surface area contributed by atoms with Crippen LogP contribution in [-0.2, 0) is 0 Å². The van der Waals surface area contributed by atoms with Crippen molar-refractivity contribution in [2.24, 2.45) is 5.10 Å². The standard InChI is InChI=1S/C16H11ClN2O3S/c17-15-4-3-13(22-15)12-8-11(10-5-7-23-9-10)18-19(12)16(20)14-2-1-6-21-14/h1-7,9,12H,8H2/t12-/m1/s1. The summed E-state index contributed by atoms with van der Waals surface area (Å²) in [6.07, 6.45) is 2.03. The summed E-state index contributed by atoms with van der Waals surface area (Å²) in [5.74, 6) is 0.532. The Kier molecular flexibility index (Phi) is 3.55. The normalized spacial score (nSPS) is 17.5. The van der Waals surface area contributed by atoms with Crippen LogP contribution in [0.4, 0.5) is 0 Å². The number of nitrogens with zero attached hydrogens (tertiary/aromatic N) is 2. The van der Waals surface area contributed by atoms with E-state index in [1.807, 2.05) is 16.8 Å². The molecule has 0 N–H and O–H groups in total. The van der Waals surface area contributed by atoms with Gasteiger partial charge in [-0.15, -0.1) is 0 Å². The summed E-state index contributed by atoms with van der Waals surface area (Å²) >= 11 is 7.46. The topological polar surface area (TPSA) is 59.0 Å². The molecule has 0 saturated carbocycles. The summed E-state index contributed by atoms with van der Waals surface area (Å²) in [6.45, 7) is 0. The molecule has 0 spiro atoms. The molecule has 0 fully saturated rings. The first-order valence-electron chi connectivity index (χ1n) is 6.95. The van der Waals surface area contributed by atoms with Crippen LogP contribution in [0.15, 0.2) is 61.3 Å². The number of hydrazone groups is 1. The zero-order valence-corrected chi connectivity index (χ0v) is 13.4. The van der Waals surface area contributed by atoms with Gasteiger partial charge >= 0.3 is 5.91 Å². The van der Waals surface area contributed by atoms with Crippen LogP contribution in [0.25, 0.3) is 0 Å². The van der Waals surface area contributed by atoms with Crippen molar-refractivity contribution in [2.45, 2.75) is 12.5 Å². The maximum atomic E-state index is 12.7. The molecule has 0 saturated heterocycles. The smallest absolute Gasteiger partial charge is 0.310 e. The highest BCUT2D eigenvalue weighted by Crippen LogP contribution is 2.35. The van der Waals surface area contributed by atoms with Crippen LogP contribution in [0.1, 0.15) is 34.3 Å².